The van der Waals surface area contributed by atoms with Gasteiger partial charge in [0.25, 0.3) is 0 Å². The predicted molar refractivity (Wildman–Crippen MR) is 63.1 cm³/mol. The van der Waals surface area contributed by atoms with E-state index in [1.807, 2.05) is 27.7 Å². The molecule has 0 bridgehead atoms. The fraction of sp³-hybridized carbons (Fsp3) is 0.833. The van der Waals surface area contributed by atoms with E-state index < -0.39 is 11.9 Å². The van der Waals surface area contributed by atoms with Crippen LogP contribution in [0.25, 0.3) is 0 Å². The first-order valence-corrected chi connectivity index (χ1v) is 6.13. The second-order valence-electron chi connectivity index (χ2n) is 3.74. The Morgan fingerprint density at radius 3 is 2.31 bits per heavy atom. The van der Waals surface area contributed by atoms with Gasteiger partial charge in [-0.15, -0.1) is 0 Å². The van der Waals surface area contributed by atoms with Crippen molar-refractivity contribution >= 4 is 11.9 Å². The van der Waals surface area contributed by atoms with E-state index >= 15 is 0 Å². The number of aliphatic carboxylic acids is 1. The number of carbonyl (C=O) groups is 2. The lowest BCUT2D eigenvalue weighted by molar-refractivity contribution is -0.144. The number of hydrogen-bond acceptors (Lipinski definition) is 2. The quantitative estimate of drug-likeness (QED) is 0.802. The van der Waals surface area contributed by atoms with Crippen LogP contribution >= 0.6 is 0 Å². The zero-order valence-electron chi connectivity index (χ0n) is 10.7. The third-order valence-corrected chi connectivity index (χ3v) is 2.78. The molecule has 16 heavy (non-hydrogen) atoms. The Labute approximate surface area is 97.6 Å². The average molecular weight is 229 g/mol. The molecule has 0 aliphatic carbocycles. The normalized spacial score (nSPS) is 24.0. The number of carbonyl (C=O) groups excluding carboxylic acids is 1. The van der Waals surface area contributed by atoms with Gasteiger partial charge in [-0.2, -0.15) is 0 Å². The van der Waals surface area contributed by atoms with Crippen LogP contribution < -0.4 is 0 Å². The van der Waals surface area contributed by atoms with Crippen LogP contribution in [0.5, 0.6) is 0 Å². The van der Waals surface area contributed by atoms with E-state index in [0.717, 1.165) is 6.42 Å². The van der Waals surface area contributed by atoms with Crippen molar-refractivity contribution in [3.8, 4) is 0 Å². The lowest BCUT2D eigenvalue weighted by atomic mass is 9.93. The molecule has 1 rings (SSSR count). The maximum absolute atomic E-state index is 11.7. The number of amides is 1. The van der Waals surface area contributed by atoms with Gasteiger partial charge in [-0.25, -0.2) is 0 Å². The zero-order valence-corrected chi connectivity index (χ0v) is 10.7. The molecule has 1 saturated heterocycles. The summed E-state index contributed by atoms with van der Waals surface area (Å²) in [5.41, 5.74) is 0. The summed E-state index contributed by atoms with van der Waals surface area (Å²) in [7, 11) is 0. The molecule has 0 radical (unpaired) electrons. The van der Waals surface area contributed by atoms with E-state index in [1.165, 1.54) is 0 Å². The monoisotopic (exact) mass is 229 g/mol. The lowest BCUT2D eigenvalue weighted by Gasteiger charge is -2.14. The molecule has 0 aromatic rings. The van der Waals surface area contributed by atoms with Crippen LogP contribution in [0.2, 0.25) is 0 Å². The molecule has 1 aliphatic heterocycles. The van der Waals surface area contributed by atoms with Crippen LogP contribution in [0.15, 0.2) is 0 Å². The fourth-order valence-corrected chi connectivity index (χ4v) is 2.04. The van der Waals surface area contributed by atoms with Crippen molar-refractivity contribution in [3.63, 3.8) is 0 Å². The Kier molecular flexibility index (Phi) is 6.77. The van der Waals surface area contributed by atoms with Gasteiger partial charge in [-0.3, -0.25) is 9.59 Å². The number of carboxylic acid groups (broad SMARTS) is 1. The first-order valence-electron chi connectivity index (χ1n) is 6.13. The summed E-state index contributed by atoms with van der Waals surface area (Å²) < 4.78 is 0. The highest BCUT2D eigenvalue weighted by Gasteiger charge is 2.42. The van der Waals surface area contributed by atoms with E-state index in [-0.39, 0.29) is 11.8 Å². The molecule has 4 nitrogen and oxygen atoms in total. The van der Waals surface area contributed by atoms with E-state index in [2.05, 4.69) is 0 Å². The van der Waals surface area contributed by atoms with Gasteiger partial charge in [0, 0.05) is 13.1 Å². The molecular weight excluding hydrogens is 206 g/mol. The Balaban J connectivity index is 0.00000106. The number of carboxylic acids is 1. The molecule has 94 valence electrons. The third-order valence-electron chi connectivity index (χ3n) is 2.78. The molecule has 0 saturated carbocycles. The maximum Gasteiger partial charge on any atom is 0.309 e. The maximum atomic E-state index is 11.7. The van der Waals surface area contributed by atoms with E-state index in [0.29, 0.717) is 19.5 Å². The van der Waals surface area contributed by atoms with E-state index in [9.17, 15) is 9.59 Å². The van der Waals surface area contributed by atoms with Gasteiger partial charge >= 0.3 is 5.97 Å². The van der Waals surface area contributed by atoms with Crippen LogP contribution in [0, 0.1) is 11.8 Å². The Bertz CT molecular complexity index is 240. The number of nitrogens with zero attached hydrogens (tertiary/aromatic N) is 1. The van der Waals surface area contributed by atoms with Gasteiger partial charge in [0.1, 0.15) is 0 Å². The molecule has 2 atom stereocenters. The summed E-state index contributed by atoms with van der Waals surface area (Å²) in [5, 5.41) is 8.94. The van der Waals surface area contributed by atoms with Crippen molar-refractivity contribution in [3.05, 3.63) is 0 Å². The summed E-state index contributed by atoms with van der Waals surface area (Å²) >= 11 is 0. The molecule has 0 spiro atoms. The molecule has 1 heterocycles. The van der Waals surface area contributed by atoms with Gasteiger partial charge in [0.05, 0.1) is 11.8 Å². The zero-order chi connectivity index (χ0) is 12.7. The molecule has 1 N–H and O–H groups in total. The minimum atomic E-state index is -0.844. The summed E-state index contributed by atoms with van der Waals surface area (Å²) in [6, 6.07) is 0. The highest BCUT2D eigenvalue weighted by Crippen LogP contribution is 2.27. The number of rotatable bonds is 4. The van der Waals surface area contributed by atoms with Crippen molar-refractivity contribution in [1.82, 2.24) is 4.90 Å². The average Bonchev–Trinajstić information content (AvgIpc) is 2.59. The van der Waals surface area contributed by atoms with Gasteiger partial charge in [0.2, 0.25) is 5.91 Å². The Morgan fingerprint density at radius 2 is 2.00 bits per heavy atom. The molecule has 2 unspecified atom stereocenters. The van der Waals surface area contributed by atoms with Crippen molar-refractivity contribution in [1.29, 1.82) is 0 Å². The fourth-order valence-electron chi connectivity index (χ4n) is 2.04. The number of hydrogen-bond donors (Lipinski definition) is 1. The van der Waals surface area contributed by atoms with Gasteiger partial charge < -0.3 is 10.0 Å². The SMILES string of the molecule is CC.CCCN1CC(C(=O)O)C(CC)C1=O. The second-order valence-corrected chi connectivity index (χ2v) is 3.74. The highest BCUT2D eigenvalue weighted by molar-refractivity contribution is 5.88. The first kappa shape index (κ1) is 14.9. The van der Waals surface area contributed by atoms with Crippen LogP contribution in [0.4, 0.5) is 0 Å². The van der Waals surface area contributed by atoms with Crippen LogP contribution in [0.1, 0.15) is 40.5 Å². The van der Waals surface area contributed by atoms with Gasteiger partial charge in [-0.1, -0.05) is 27.7 Å². The molecule has 1 fully saturated rings. The van der Waals surface area contributed by atoms with Crippen molar-refractivity contribution < 1.29 is 14.7 Å². The van der Waals surface area contributed by atoms with Crippen LogP contribution in [-0.4, -0.2) is 35.0 Å². The van der Waals surface area contributed by atoms with Gasteiger partial charge in [0.15, 0.2) is 0 Å². The Hall–Kier alpha value is -1.06. The highest BCUT2D eigenvalue weighted by atomic mass is 16.4. The van der Waals surface area contributed by atoms with Crippen molar-refractivity contribution in [2.45, 2.75) is 40.5 Å². The molecule has 1 amide bonds. The third kappa shape index (κ3) is 3.22. The standard InChI is InChI=1S/C10H17NO3.C2H6/c1-3-5-11-6-8(10(13)14)7(4-2)9(11)12;1-2/h7-8H,3-6H2,1-2H3,(H,13,14);1-2H3. The largest absolute Gasteiger partial charge is 0.481 e. The summed E-state index contributed by atoms with van der Waals surface area (Å²) in [6.45, 7) is 8.93. The summed E-state index contributed by atoms with van der Waals surface area (Å²) in [5.74, 6) is -1.64. The first-order chi connectivity index (χ1) is 7.61. The van der Waals surface area contributed by atoms with Crippen LogP contribution in [0.3, 0.4) is 0 Å². The minimum absolute atomic E-state index is 0.0155. The molecule has 0 aromatic carbocycles. The van der Waals surface area contributed by atoms with Gasteiger partial charge in [-0.05, 0) is 12.8 Å². The lowest BCUT2D eigenvalue weighted by Crippen LogP contribution is -2.27. The van der Waals surface area contributed by atoms with Crippen molar-refractivity contribution in [2.24, 2.45) is 11.8 Å². The summed E-state index contributed by atoms with van der Waals surface area (Å²) in [6.07, 6.45) is 1.50. The molecule has 1 aliphatic rings. The van der Waals surface area contributed by atoms with Crippen molar-refractivity contribution in [2.75, 3.05) is 13.1 Å². The Morgan fingerprint density at radius 1 is 1.44 bits per heavy atom. The predicted octanol–water partition coefficient (Wildman–Crippen LogP) is 1.99. The van der Waals surface area contributed by atoms with Crippen LogP contribution in [-0.2, 0) is 9.59 Å². The minimum Gasteiger partial charge on any atom is -0.481 e. The van der Waals surface area contributed by atoms with E-state index in [1.54, 1.807) is 4.90 Å². The second kappa shape index (κ2) is 7.25. The molecular formula is C12H23NO3. The molecule has 4 heteroatoms. The number of likely N-dealkylation sites (tertiary alicyclic amines) is 1. The molecule has 0 aromatic heterocycles. The summed E-state index contributed by atoms with van der Waals surface area (Å²) in [4.78, 5) is 24.3. The smallest absolute Gasteiger partial charge is 0.309 e. The van der Waals surface area contributed by atoms with E-state index in [4.69, 9.17) is 5.11 Å². The topological polar surface area (TPSA) is 57.6 Å².